The average molecular weight is 279 g/mol. The molecule has 110 valence electrons. The predicted molar refractivity (Wildman–Crippen MR) is 71.4 cm³/mol. The van der Waals surface area contributed by atoms with E-state index in [0.29, 0.717) is 17.8 Å². The minimum absolute atomic E-state index is 0.236. The SMILES string of the molecule is C=C(C)C(=O)ONC(=O)OC12CC3CC(CC(C3)C1)C2. The van der Waals surface area contributed by atoms with Gasteiger partial charge in [-0.3, -0.25) is 0 Å². The number of hydrogen-bond acceptors (Lipinski definition) is 4. The number of hydrogen-bond donors (Lipinski definition) is 1. The Bertz CT molecular complexity index is 422. The molecular weight excluding hydrogens is 258 g/mol. The zero-order chi connectivity index (χ0) is 14.3. The minimum Gasteiger partial charge on any atom is -0.441 e. The zero-order valence-corrected chi connectivity index (χ0v) is 11.8. The van der Waals surface area contributed by atoms with E-state index >= 15 is 0 Å². The fourth-order valence-corrected chi connectivity index (χ4v) is 4.55. The van der Waals surface area contributed by atoms with Crippen LogP contribution in [0.2, 0.25) is 0 Å². The first kappa shape index (κ1) is 13.5. The lowest BCUT2D eigenvalue weighted by molar-refractivity contribution is -0.152. The Kier molecular flexibility index (Phi) is 3.22. The van der Waals surface area contributed by atoms with E-state index in [4.69, 9.17) is 4.74 Å². The topological polar surface area (TPSA) is 64.6 Å². The summed E-state index contributed by atoms with van der Waals surface area (Å²) in [7, 11) is 0. The molecule has 4 saturated carbocycles. The number of ether oxygens (including phenoxy) is 1. The van der Waals surface area contributed by atoms with Crippen LogP contribution in [0.4, 0.5) is 4.79 Å². The van der Waals surface area contributed by atoms with Crippen LogP contribution in [0.1, 0.15) is 45.4 Å². The molecule has 0 atom stereocenters. The Morgan fingerprint density at radius 3 is 2.05 bits per heavy atom. The first-order chi connectivity index (χ1) is 9.46. The van der Waals surface area contributed by atoms with Gasteiger partial charge in [0.15, 0.2) is 0 Å². The third-order valence-electron chi connectivity index (χ3n) is 4.87. The molecule has 20 heavy (non-hydrogen) atoms. The molecule has 0 aromatic rings. The van der Waals surface area contributed by atoms with Crippen molar-refractivity contribution in [3.8, 4) is 0 Å². The number of rotatable bonds is 2. The van der Waals surface area contributed by atoms with Crippen LogP contribution < -0.4 is 5.48 Å². The molecule has 0 aromatic heterocycles. The van der Waals surface area contributed by atoms with Gasteiger partial charge in [0.25, 0.3) is 0 Å². The molecule has 0 heterocycles. The summed E-state index contributed by atoms with van der Waals surface area (Å²) in [4.78, 5) is 27.6. The van der Waals surface area contributed by atoms with Crippen molar-refractivity contribution < 1.29 is 19.2 Å². The molecule has 5 heteroatoms. The Morgan fingerprint density at radius 1 is 1.10 bits per heavy atom. The maximum absolute atomic E-state index is 11.8. The Labute approximate surface area is 118 Å². The van der Waals surface area contributed by atoms with Gasteiger partial charge in [-0.2, -0.15) is 0 Å². The first-order valence-electron chi connectivity index (χ1n) is 7.31. The van der Waals surface area contributed by atoms with Crippen molar-refractivity contribution in [1.29, 1.82) is 0 Å². The molecule has 1 N–H and O–H groups in total. The molecule has 0 aromatic carbocycles. The molecular formula is C15H21NO4. The number of carbonyl (C=O) groups excluding carboxylic acids is 2. The minimum atomic E-state index is -0.665. The van der Waals surface area contributed by atoms with E-state index < -0.39 is 12.1 Å². The van der Waals surface area contributed by atoms with Crippen molar-refractivity contribution >= 4 is 12.1 Å². The van der Waals surface area contributed by atoms with Gasteiger partial charge >= 0.3 is 12.1 Å². The van der Waals surface area contributed by atoms with Crippen molar-refractivity contribution in [3.63, 3.8) is 0 Å². The van der Waals surface area contributed by atoms with E-state index in [0.717, 1.165) is 19.3 Å². The molecule has 4 rings (SSSR count). The van der Waals surface area contributed by atoms with E-state index in [9.17, 15) is 9.59 Å². The van der Waals surface area contributed by atoms with Crippen molar-refractivity contribution in [2.75, 3.05) is 0 Å². The highest BCUT2D eigenvalue weighted by Crippen LogP contribution is 2.57. The van der Waals surface area contributed by atoms with E-state index in [1.165, 1.54) is 26.2 Å². The second-order valence-electron chi connectivity index (χ2n) is 6.76. The third kappa shape index (κ3) is 2.53. The molecule has 1 amide bonds. The summed E-state index contributed by atoms with van der Waals surface area (Å²) in [5.74, 6) is 1.46. The molecule has 0 aliphatic heterocycles. The smallest absolute Gasteiger partial charge is 0.441 e. The molecule has 5 nitrogen and oxygen atoms in total. The number of amides is 1. The number of nitrogens with one attached hydrogen (secondary N) is 1. The molecule has 0 unspecified atom stereocenters. The van der Waals surface area contributed by atoms with Crippen molar-refractivity contribution in [2.24, 2.45) is 17.8 Å². The molecule has 4 aliphatic carbocycles. The monoisotopic (exact) mass is 279 g/mol. The van der Waals surface area contributed by atoms with Gasteiger partial charge in [0.05, 0.1) is 0 Å². The van der Waals surface area contributed by atoms with Crippen LogP contribution in [-0.2, 0) is 14.4 Å². The second-order valence-corrected chi connectivity index (χ2v) is 6.76. The maximum atomic E-state index is 11.8. The first-order valence-corrected chi connectivity index (χ1v) is 7.31. The van der Waals surface area contributed by atoms with Crippen molar-refractivity contribution in [1.82, 2.24) is 5.48 Å². The van der Waals surface area contributed by atoms with Gasteiger partial charge in [0.2, 0.25) is 0 Å². The maximum Gasteiger partial charge on any atom is 0.441 e. The average Bonchev–Trinajstić information content (AvgIpc) is 2.33. The predicted octanol–water partition coefficient (Wildman–Crippen LogP) is 2.72. The zero-order valence-electron chi connectivity index (χ0n) is 11.8. The summed E-state index contributed by atoms with van der Waals surface area (Å²) in [6.07, 6.45) is 6.07. The number of hydroxylamine groups is 1. The van der Waals surface area contributed by atoms with E-state index in [1.807, 2.05) is 0 Å². The highest BCUT2D eigenvalue weighted by molar-refractivity contribution is 5.87. The molecule has 4 bridgehead atoms. The van der Waals surface area contributed by atoms with Crippen LogP contribution in [0, 0.1) is 17.8 Å². The van der Waals surface area contributed by atoms with E-state index in [2.05, 4.69) is 16.9 Å². The van der Waals surface area contributed by atoms with Crippen LogP contribution in [0.15, 0.2) is 12.2 Å². The fourth-order valence-electron chi connectivity index (χ4n) is 4.55. The van der Waals surface area contributed by atoms with E-state index in [1.54, 1.807) is 0 Å². The Hall–Kier alpha value is -1.52. The molecule has 0 spiro atoms. The molecule has 4 fully saturated rings. The van der Waals surface area contributed by atoms with Gasteiger partial charge in [-0.25, -0.2) is 9.59 Å². The van der Waals surface area contributed by atoms with Gasteiger partial charge in [0.1, 0.15) is 5.60 Å². The summed E-state index contributed by atoms with van der Waals surface area (Å²) in [6.45, 7) is 4.97. The van der Waals surface area contributed by atoms with Crippen LogP contribution in [0.5, 0.6) is 0 Å². The van der Waals surface area contributed by atoms with Gasteiger partial charge < -0.3 is 9.57 Å². The molecule has 0 saturated heterocycles. The van der Waals surface area contributed by atoms with Crippen molar-refractivity contribution in [3.05, 3.63) is 12.2 Å². The third-order valence-corrected chi connectivity index (χ3v) is 4.87. The van der Waals surface area contributed by atoms with Crippen LogP contribution in [0.3, 0.4) is 0 Å². The van der Waals surface area contributed by atoms with Gasteiger partial charge in [-0.05, 0) is 63.2 Å². The summed E-state index contributed by atoms with van der Waals surface area (Å²) in [6, 6.07) is 0. The highest BCUT2D eigenvalue weighted by Gasteiger charge is 2.53. The molecule has 0 radical (unpaired) electrons. The van der Waals surface area contributed by atoms with Gasteiger partial charge in [0, 0.05) is 5.57 Å². The van der Waals surface area contributed by atoms with Gasteiger partial charge in [-0.1, -0.05) is 6.58 Å². The standard InChI is InChI=1S/C15H21NO4/c1-9(2)13(17)20-16-14(18)19-15-6-10-3-11(7-15)5-12(4-10)8-15/h10-12H,1,3-8H2,2H3,(H,16,18). The Balaban J connectivity index is 1.56. The lowest BCUT2D eigenvalue weighted by Gasteiger charge is -2.55. The largest absolute Gasteiger partial charge is 0.441 e. The highest BCUT2D eigenvalue weighted by atomic mass is 16.7. The van der Waals surface area contributed by atoms with Crippen LogP contribution >= 0.6 is 0 Å². The Morgan fingerprint density at radius 2 is 1.60 bits per heavy atom. The second kappa shape index (κ2) is 4.79. The van der Waals surface area contributed by atoms with Gasteiger partial charge in [-0.15, -0.1) is 5.48 Å². The summed E-state index contributed by atoms with van der Waals surface area (Å²) in [5.41, 5.74) is 1.98. The number of carbonyl (C=O) groups is 2. The van der Waals surface area contributed by atoms with Crippen molar-refractivity contribution in [2.45, 2.75) is 51.0 Å². The van der Waals surface area contributed by atoms with E-state index in [-0.39, 0.29) is 11.2 Å². The summed E-state index contributed by atoms with van der Waals surface area (Å²) < 4.78 is 5.62. The lowest BCUT2D eigenvalue weighted by Crippen LogP contribution is -2.53. The summed E-state index contributed by atoms with van der Waals surface area (Å²) in [5, 5.41) is 0. The summed E-state index contributed by atoms with van der Waals surface area (Å²) >= 11 is 0. The molecule has 4 aliphatic rings. The normalized spacial score (nSPS) is 37.4. The lowest BCUT2D eigenvalue weighted by atomic mass is 9.54. The fraction of sp³-hybridized carbons (Fsp3) is 0.733. The van der Waals surface area contributed by atoms with Crippen LogP contribution in [0.25, 0.3) is 0 Å². The quantitative estimate of drug-likeness (QED) is 0.623. The van der Waals surface area contributed by atoms with Crippen LogP contribution in [-0.4, -0.2) is 17.7 Å².